The van der Waals surface area contributed by atoms with Gasteiger partial charge in [-0.3, -0.25) is 0 Å². The van der Waals surface area contributed by atoms with Crippen LogP contribution in [0.15, 0.2) is 72.8 Å². The Morgan fingerprint density at radius 1 is 0.839 bits per heavy atom. The maximum Gasteiger partial charge on any atom is 0.112 e. The molecule has 0 amide bonds. The van der Waals surface area contributed by atoms with Crippen molar-refractivity contribution in [1.29, 1.82) is 0 Å². The Balaban J connectivity index is 1.23. The van der Waals surface area contributed by atoms with Gasteiger partial charge in [0.2, 0.25) is 0 Å². The van der Waals surface area contributed by atoms with Crippen LogP contribution in [0, 0.1) is 5.92 Å². The molecule has 2 aromatic heterocycles. The summed E-state index contributed by atoms with van der Waals surface area (Å²) in [5.41, 5.74) is 7.59. The number of fused-ring (bicyclic) bond motifs is 2. The van der Waals surface area contributed by atoms with Gasteiger partial charge < -0.3 is 19.6 Å². The zero-order valence-corrected chi connectivity index (χ0v) is 17.1. The summed E-state index contributed by atoms with van der Waals surface area (Å²) < 4.78 is 11.5. The molecule has 0 radical (unpaired) electrons. The van der Waals surface area contributed by atoms with Crippen LogP contribution in [0.2, 0.25) is 0 Å². The lowest BCUT2D eigenvalue weighted by atomic mass is 9.96. The van der Waals surface area contributed by atoms with Crippen LogP contribution in [-0.4, -0.2) is 46.6 Å². The van der Waals surface area contributed by atoms with E-state index in [1.807, 2.05) is 6.07 Å². The van der Waals surface area contributed by atoms with E-state index in [2.05, 4.69) is 71.7 Å². The molecule has 1 unspecified atom stereocenters. The van der Waals surface area contributed by atoms with E-state index in [0.29, 0.717) is 13.2 Å². The average molecular weight is 412 g/mol. The lowest BCUT2D eigenvalue weighted by Gasteiger charge is -2.14. The number of nitrogens with one attached hydrogen (secondary N) is 1. The highest BCUT2D eigenvalue weighted by atomic mass is 16.6. The van der Waals surface area contributed by atoms with E-state index in [9.17, 15) is 5.11 Å². The van der Waals surface area contributed by atoms with E-state index in [1.165, 1.54) is 11.1 Å². The summed E-state index contributed by atoms with van der Waals surface area (Å²) in [5.74, 6) is 0.250. The zero-order chi connectivity index (χ0) is 20.8. The Morgan fingerprint density at radius 2 is 1.58 bits per heavy atom. The summed E-state index contributed by atoms with van der Waals surface area (Å²) in [7, 11) is 0. The average Bonchev–Trinajstić information content (AvgIpc) is 3.51. The predicted molar refractivity (Wildman–Crippen MR) is 120 cm³/mol. The van der Waals surface area contributed by atoms with Crippen molar-refractivity contribution in [1.82, 2.24) is 9.97 Å². The molecule has 4 atom stereocenters. The van der Waals surface area contributed by atoms with Gasteiger partial charge in [-0.05, 0) is 35.7 Å². The summed E-state index contributed by atoms with van der Waals surface area (Å²) in [6.45, 7) is 0.987. The summed E-state index contributed by atoms with van der Waals surface area (Å²) in [6, 6.07) is 25.2. The molecule has 2 fully saturated rings. The molecular weight excluding hydrogens is 388 g/mol. The van der Waals surface area contributed by atoms with Gasteiger partial charge in [-0.1, -0.05) is 54.6 Å². The van der Waals surface area contributed by atoms with Crippen LogP contribution in [0.5, 0.6) is 0 Å². The number of benzene rings is 2. The standard InChI is InChI=1S/C26H24N2O3/c29-24-15-31-25-19(14-30-26(24)25)12-20-13-23-22(27-20)11-10-21(28-23)18-8-6-17(7-9-18)16-4-2-1-3-5-16/h1-11,13,19,24-27,29H,12,14-15H2/t19?,24-,25-,26-/m1/s1. The highest BCUT2D eigenvalue weighted by molar-refractivity contribution is 5.80. The van der Waals surface area contributed by atoms with Gasteiger partial charge in [0.1, 0.15) is 12.2 Å². The van der Waals surface area contributed by atoms with Gasteiger partial charge in [0.25, 0.3) is 0 Å². The van der Waals surface area contributed by atoms with Gasteiger partial charge in [-0.15, -0.1) is 0 Å². The Morgan fingerprint density at radius 3 is 2.42 bits per heavy atom. The first kappa shape index (κ1) is 18.8. The molecule has 2 N–H and O–H groups in total. The van der Waals surface area contributed by atoms with Gasteiger partial charge in [0.15, 0.2) is 0 Å². The first-order chi connectivity index (χ1) is 15.2. The molecular formula is C26H24N2O3. The first-order valence-electron chi connectivity index (χ1n) is 10.8. The fourth-order valence-corrected chi connectivity index (χ4v) is 4.82. The van der Waals surface area contributed by atoms with E-state index >= 15 is 0 Å². The zero-order valence-electron chi connectivity index (χ0n) is 17.1. The largest absolute Gasteiger partial charge is 0.388 e. The van der Waals surface area contributed by atoms with E-state index < -0.39 is 6.10 Å². The van der Waals surface area contributed by atoms with Gasteiger partial charge in [0.05, 0.1) is 36.0 Å². The second-order valence-corrected chi connectivity index (χ2v) is 8.49. The van der Waals surface area contributed by atoms with Gasteiger partial charge in [-0.25, -0.2) is 4.98 Å². The molecule has 5 nitrogen and oxygen atoms in total. The number of hydrogen-bond donors (Lipinski definition) is 2. The highest BCUT2D eigenvalue weighted by Crippen LogP contribution is 2.33. The first-order valence-corrected chi connectivity index (χ1v) is 10.8. The van der Waals surface area contributed by atoms with Crippen LogP contribution in [0.25, 0.3) is 33.4 Å². The third-order valence-electron chi connectivity index (χ3n) is 6.43. The molecule has 2 aliphatic heterocycles. The van der Waals surface area contributed by atoms with E-state index in [-0.39, 0.29) is 18.1 Å². The van der Waals surface area contributed by atoms with Crippen molar-refractivity contribution in [3.63, 3.8) is 0 Å². The molecule has 4 aromatic rings. The molecule has 0 aliphatic carbocycles. The quantitative estimate of drug-likeness (QED) is 0.527. The Hall–Kier alpha value is -2.99. The SMILES string of the molecule is O[C@@H]1CO[C@@H]2C(Cc3cc4nc(-c5ccc(-c6ccccc6)cc5)ccc4[nH]3)CO[C@H]12. The van der Waals surface area contributed by atoms with Gasteiger partial charge in [0, 0.05) is 17.2 Å². The molecule has 0 bridgehead atoms. The minimum atomic E-state index is -0.504. The molecule has 6 rings (SSSR count). The number of aliphatic hydroxyl groups excluding tert-OH is 1. The molecule has 2 aliphatic rings. The van der Waals surface area contributed by atoms with Gasteiger partial charge >= 0.3 is 0 Å². The van der Waals surface area contributed by atoms with Gasteiger partial charge in [-0.2, -0.15) is 0 Å². The number of nitrogens with zero attached hydrogens (tertiary/aromatic N) is 1. The Bertz CT molecular complexity index is 1200. The number of rotatable bonds is 4. The molecule has 156 valence electrons. The van der Waals surface area contributed by atoms with Crippen molar-refractivity contribution >= 4 is 11.0 Å². The van der Waals surface area contributed by atoms with Crippen molar-refractivity contribution in [2.45, 2.75) is 24.7 Å². The van der Waals surface area contributed by atoms with Crippen molar-refractivity contribution in [3.8, 4) is 22.4 Å². The molecule has 0 spiro atoms. The molecule has 4 heterocycles. The van der Waals surface area contributed by atoms with Crippen LogP contribution >= 0.6 is 0 Å². The van der Waals surface area contributed by atoms with Crippen LogP contribution in [0.3, 0.4) is 0 Å². The minimum Gasteiger partial charge on any atom is -0.388 e. The van der Waals surface area contributed by atoms with Crippen molar-refractivity contribution in [3.05, 3.63) is 78.5 Å². The smallest absolute Gasteiger partial charge is 0.112 e. The van der Waals surface area contributed by atoms with Crippen LogP contribution in [0.4, 0.5) is 0 Å². The van der Waals surface area contributed by atoms with E-state index in [4.69, 9.17) is 14.5 Å². The monoisotopic (exact) mass is 412 g/mol. The van der Waals surface area contributed by atoms with Crippen LogP contribution < -0.4 is 0 Å². The van der Waals surface area contributed by atoms with Crippen molar-refractivity contribution in [2.24, 2.45) is 5.92 Å². The number of aromatic nitrogens is 2. The summed E-state index contributed by atoms with van der Waals surface area (Å²) >= 11 is 0. The maximum atomic E-state index is 9.95. The summed E-state index contributed by atoms with van der Waals surface area (Å²) in [5, 5.41) is 9.95. The fourth-order valence-electron chi connectivity index (χ4n) is 4.82. The molecule has 5 heteroatoms. The Kier molecular flexibility index (Phi) is 4.60. The van der Waals surface area contributed by atoms with E-state index in [1.54, 1.807) is 0 Å². The van der Waals surface area contributed by atoms with Crippen molar-refractivity contribution < 1.29 is 14.6 Å². The van der Waals surface area contributed by atoms with Crippen LogP contribution in [-0.2, 0) is 15.9 Å². The maximum absolute atomic E-state index is 9.95. The lowest BCUT2D eigenvalue weighted by Crippen LogP contribution is -2.29. The summed E-state index contributed by atoms with van der Waals surface area (Å²) in [6.07, 6.45) is 0.118. The highest BCUT2D eigenvalue weighted by Gasteiger charge is 2.46. The van der Waals surface area contributed by atoms with Crippen LogP contribution in [0.1, 0.15) is 5.69 Å². The number of pyridine rings is 1. The molecule has 0 saturated carbocycles. The molecule has 2 saturated heterocycles. The molecule has 31 heavy (non-hydrogen) atoms. The normalized spacial score (nSPS) is 25.2. The second-order valence-electron chi connectivity index (χ2n) is 8.49. The number of ether oxygens (including phenoxy) is 2. The third kappa shape index (κ3) is 3.45. The number of aromatic amines is 1. The van der Waals surface area contributed by atoms with E-state index in [0.717, 1.165) is 34.4 Å². The third-order valence-corrected chi connectivity index (χ3v) is 6.43. The number of aliphatic hydroxyl groups is 1. The Labute approximate surface area is 180 Å². The van der Waals surface area contributed by atoms with Crippen molar-refractivity contribution in [2.75, 3.05) is 13.2 Å². The topological polar surface area (TPSA) is 67.4 Å². The summed E-state index contributed by atoms with van der Waals surface area (Å²) in [4.78, 5) is 8.37. The lowest BCUT2D eigenvalue weighted by molar-refractivity contribution is 0.0169. The predicted octanol–water partition coefficient (Wildman–Crippen LogP) is 4.21. The molecule has 2 aromatic carbocycles. The minimum absolute atomic E-state index is 0.0203. The number of hydrogen-bond acceptors (Lipinski definition) is 4. The number of H-pyrrole nitrogens is 1. The fraction of sp³-hybridized carbons (Fsp3) is 0.269. The second kappa shape index (κ2) is 7.61.